The van der Waals surface area contributed by atoms with E-state index in [1.54, 1.807) is 26.9 Å². The third-order valence-corrected chi connectivity index (χ3v) is 9.70. The molecule has 1 aromatic carbocycles. The van der Waals surface area contributed by atoms with E-state index in [1.807, 2.05) is 65.8 Å². The van der Waals surface area contributed by atoms with Crippen LogP contribution < -0.4 is 9.64 Å². The Hall–Kier alpha value is -3.17. The predicted molar refractivity (Wildman–Crippen MR) is 167 cm³/mol. The molecule has 4 rings (SSSR count). The number of amides is 3. The smallest absolute Gasteiger partial charge is 0.248 e. The van der Waals surface area contributed by atoms with Crippen molar-refractivity contribution in [2.24, 2.45) is 17.8 Å². The van der Waals surface area contributed by atoms with E-state index in [4.69, 9.17) is 9.47 Å². The van der Waals surface area contributed by atoms with Gasteiger partial charge in [0.05, 0.1) is 36.7 Å². The number of aliphatic hydroxyl groups is 1. The summed E-state index contributed by atoms with van der Waals surface area (Å²) < 4.78 is 12.6. The zero-order valence-electron chi connectivity index (χ0n) is 26.6. The highest BCUT2D eigenvalue weighted by molar-refractivity contribution is 6.03. The van der Waals surface area contributed by atoms with Crippen molar-refractivity contribution in [3.63, 3.8) is 0 Å². The zero-order valence-corrected chi connectivity index (χ0v) is 26.6. The molecular formula is C34H49N3O6. The van der Waals surface area contributed by atoms with E-state index < -0.39 is 35.1 Å². The van der Waals surface area contributed by atoms with Crippen molar-refractivity contribution >= 4 is 23.4 Å². The number of carbonyl (C=O) groups is 3. The van der Waals surface area contributed by atoms with Crippen molar-refractivity contribution < 1.29 is 29.0 Å². The van der Waals surface area contributed by atoms with E-state index >= 15 is 0 Å². The van der Waals surface area contributed by atoms with Gasteiger partial charge in [0.25, 0.3) is 0 Å². The van der Waals surface area contributed by atoms with Crippen molar-refractivity contribution in [1.29, 1.82) is 0 Å². The minimum atomic E-state index is -1.18. The van der Waals surface area contributed by atoms with Crippen LogP contribution >= 0.6 is 0 Å². The number of ether oxygens (including phenoxy) is 2. The minimum Gasteiger partial charge on any atom is -0.494 e. The molecular weight excluding hydrogens is 546 g/mol. The summed E-state index contributed by atoms with van der Waals surface area (Å²) in [5, 5.41) is 10.5. The van der Waals surface area contributed by atoms with Crippen LogP contribution in [0.25, 0.3) is 0 Å². The van der Waals surface area contributed by atoms with Gasteiger partial charge in [-0.05, 0) is 70.2 Å². The molecule has 3 amide bonds. The van der Waals surface area contributed by atoms with Crippen LogP contribution in [-0.2, 0) is 19.1 Å². The molecule has 2 unspecified atom stereocenters. The molecule has 9 heteroatoms. The van der Waals surface area contributed by atoms with E-state index in [0.717, 1.165) is 0 Å². The van der Waals surface area contributed by atoms with Gasteiger partial charge in [-0.3, -0.25) is 14.4 Å². The Morgan fingerprint density at radius 2 is 1.74 bits per heavy atom. The van der Waals surface area contributed by atoms with E-state index in [9.17, 15) is 19.5 Å². The Morgan fingerprint density at radius 3 is 2.26 bits per heavy atom. The standard InChI is InChI=1S/C34H49N3O6/c1-9-19-35(23(7)8)32(41)29-34-18-17-33(11-3,43-34)27(28(34)31(40)37(29)26(21-38)22(5)6)30(39)36(20-10-2)24-13-15-25(16-14-24)42-12-4/h9-10,13-16,22-23,26-29,38H,1-2,11-12,17-21H2,3-8H3/t26-,27-,28-,29?,33+,34?/m0/s1. The largest absolute Gasteiger partial charge is 0.494 e. The molecule has 2 bridgehead atoms. The summed E-state index contributed by atoms with van der Waals surface area (Å²) >= 11 is 0. The minimum absolute atomic E-state index is 0.126. The lowest BCUT2D eigenvalue weighted by Gasteiger charge is -2.41. The lowest BCUT2D eigenvalue weighted by molar-refractivity contribution is -0.158. The zero-order chi connectivity index (χ0) is 31.7. The summed E-state index contributed by atoms with van der Waals surface area (Å²) in [4.78, 5) is 48.8. The molecule has 1 aromatic rings. The number of hydrogen-bond donors (Lipinski definition) is 1. The summed E-state index contributed by atoms with van der Waals surface area (Å²) in [6.07, 6.45) is 4.91. The topological polar surface area (TPSA) is 99.6 Å². The van der Waals surface area contributed by atoms with Crippen molar-refractivity contribution in [2.75, 3.05) is 31.2 Å². The molecule has 1 N–H and O–H groups in total. The van der Waals surface area contributed by atoms with E-state index in [1.165, 1.54) is 0 Å². The highest BCUT2D eigenvalue weighted by Crippen LogP contribution is 2.65. The molecule has 0 radical (unpaired) electrons. The SMILES string of the molecule is C=CCN(C(=O)[C@@H]1[C@H]2C(=O)N([C@@H](CO)C(C)C)C(C(=O)N(CC=C)C(C)C)C23CC[C@@]1(CC)O3)c1ccc(OCC)cc1. The van der Waals surface area contributed by atoms with Crippen molar-refractivity contribution in [2.45, 2.75) is 90.1 Å². The monoisotopic (exact) mass is 595 g/mol. The number of benzene rings is 1. The Kier molecular flexibility index (Phi) is 9.76. The lowest BCUT2D eigenvalue weighted by atomic mass is 9.64. The summed E-state index contributed by atoms with van der Waals surface area (Å²) in [7, 11) is 0. The Labute approximate surface area is 256 Å². The van der Waals surface area contributed by atoms with E-state index in [-0.39, 0.29) is 42.8 Å². The van der Waals surface area contributed by atoms with Gasteiger partial charge < -0.3 is 29.3 Å². The third kappa shape index (κ3) is 5.29. The van der Waals surface area contributed by atoms with Gasteiger partial charge in [0, 0.05) is 24.8 Å². The van der Waals surface area contributed by atoms with Gasteiger partial charge >= 0.3 is 0 Å². The maximum atomic E-state index is 14.7. The van der Waals surface area contributed by atoms with Gasteiger partial charge in [-0.25, -0.2) is 0 Å². The van der Waals surface area contributed by atoms with Crippen LogP contribution in [0.4, 0.5) is 5.69 Å². The van der Waals surface area contributed by atoms with Crippen LogP contribution in [0.3, 0.4) is 0 Å². The molecule has 236 valence electrons. The summed E-state index contributed by atoms with van der Waals surface area (Å²) in [6.45, 7) is 20.1. The Morgan fingerprint density at radius 1 is 1.09 bits per heavy atom. The number of aliphatic hydroxyl groups excluding tert-OH is 1. The third-order valence-electron chi connectivity index (χ3n) is 9.70. The van der Waals surface area contributed by atoms with E-state index in [0.29, 0.717) is 43.9 Å². The molecule has 3 aliphatic rings. The fourth-order valence-electron chi connectivity index (χ4n) is 7.65. The number of fused-ring (bicyclic) bond motifs is 1. The highest BCUT2D eigenvalue weighted by Gasteiger charge is 2.79. The Bertz CT molecular complexity index is 1210. The number of anilines is 1. The summed E-state index contributed by atoms with van der Waals surface area (Å²) in [6, 6.07) is 5.59. The second-order valence-corrected chi connectivity index (χ2v) is 12.6. The molecule has 0 aromatic heterocycles. The maximum Gasteiger partial charge on any atom is 0.248 e. The van der Waals surface area contributed by atoms with Crippen LogP contribution in [0.15, 0.2) is 49.6 Å². The first-order valence-electron chi connectivity index (χ1n) is 15.7. The molecule has 0 saturated carbocycles. The van der Waals surface area contributed by atoms with Crippen LogP contribution in [0.2, 0.25) is 0 Å². The molecule has 3 aliphatic heterocycles. The first-order valence-corrected chi connectivity index (χ1v) is 15.7. The highest BCUT2D eigenvalue weighted by atomic mass is 16.5. The second-order valence-electron chi connectivity index (χ2n) is 12.6. The average Bonchev–Trinajstić information content (AvgIpc) is 3.58. The van der Waals surface area contributed by atoms with Crippen molar-refractivity contribution in [3.05, 3.63) is 49.6 Å². The fourth-order valence-corrected chi connectivity index (χ4v) is 7.65. The van der Waals surface area contributed by atoms with Crippen LogP contribution in [0.1, 0.15) is 60.8 Å². The normalized spacial score (nSPS) is 28.3. The van der Waals surface area contributed by atoms with Gasteiger partial charge in [0.1, 0.15) is 17.4 Å². The maximum absolute atomic E-state index is 14.7. The molecule has 3 saturated heterocycles. The number of carbonyl (C=O) groups excluding carboxylic acids is 3. The van der Waals surface area contributed by atoms with Gasteiger partial charge in [-0.2, -0.15) is 0 Å². The van der Waals surface area contributed by atoms with Crippen LogP contribution in [0.5, 0.6) is 5.75 Å². The molecule has 1 spiro atoms. The molecule has 9 nitrogen and oxygen atoms in total. The number of likely N-dealkylation sites (tertiary alicyclic amines) is 1. The molecule has 3 heterocycles. The predicted octanol–water partition coefficient (Wildman–Crippen LogP) is 4.20. The first-order chi connectivity index (χ1) is 20.5. The summed E-state index contributed by atoms with van der Waals surface area (Å²) in [5.74, 6) is -1.85. The molecule has 0 aliphatic carbocycles. The molecule has 3 fully saturated rings. The van der Waals surface area contributed by atoms with Gasteiger partial charge in [-0.1, -0.05) is 32.9 Å². The van der Waals surface area contributed by atoms with Crippen LogP contribution in [0, 0.1) is 17.8 Å². The number of nitrogens with zero attached hydrogens (tertiary/aromatic N) is 3. The van der Waals surface area contributed by atoms with Gasteiger partial charge in [0.2, 0.25) is 17.7 Å². The van der Waals surface area contributed by atoms with Crippen molar-refractivity contribution in [1.82, 2.24) is 9.80 Å². The average molecular weight is 596 g/mol. The van der Waals surface area contributed by atoms with E-state index in [2.05, 4.69) is 13.2 Å². The fraction of sp³-hybridized carbons (Fsp3) is 0.618. The molecule has 43 heavy (non-hydrogen) atoms. The van der Waals surface area contributed by atoms with Gasteiger partial charge in [-0.15, -0.1) is 13.2 Å². The quantitative estimate of drug-likeness (QED) is 0.324. The lowest BCUT2D eigenvalue weighted by Crippen LogP contribution is -2.60. The number of rotatable bonds is 14. The second kappa shape index (κ2) is 12.8. The molecule has 6 atom stereocenters. The first kappa shape index (κ1) is 32.7. The number of hydrogen-bond acceptors (Lipinski definition) is 6. The van der Waals surface area contributed by atoms with Gasteiger partial charge in [0.15, 0.2) is 0 Å². The Balaban J connectivity index is 1.85. The summed E-state index contributed by atoms with van der Waals surface area (Å²) in [5.41, 5.74) is -1.40. The van der Waals surface area contributed by atoms with Crippen molar-refractivity contribution in [3.8, 4) is 5.75 Å². The van der Waals surface area contributed by atoms with Crippen LogP contribution in [-0.4, -0.2) is 88.3 Å².